The summed E-state index contributed by atoms with van der Waals surface area (Å²) in [5.74, 6) is -0.174. The maximum Gasteiger partial charge on any atom is 0.321 e. The molecule has 0 aliphatic carbocycles. The van der Waals surface area contributed by atoms with Crippen LogP contribution in [0.3, 0.4) is 0 Å². The molecule has 1 aromatic carbocycles. The lowest BCUT2D eigenvalue weighted by Gasteiger charge is -2.21. The summed E-state index contributed by atoms with van der Waals surface area (Å²) in [6.45, 7) is 6.21. The molecule has 0 aliphatic heterocycles. The fourth-order valence-electron chi connectivity index (χ4n) is 2.27. The van der Waals surface area contributed by atoms with Crippen LogP contribution in [-0.2, 0) is 13.6 Å². The molecule has 0 spiro atoms. The van der Waals surface area contributed by atoms with Gasteiger partial charge in [-0.25, -0.2) is 4.79 Å². The highest BCUT2D eigenvalue weighted by Gasteiger charge is 2.16. The van der Waals surface area contributed by atoms with E-state index in [9.17, 15) is 9.59 Å². The largest absolute Gasteiger partial charge is 0.347 e. The molecule has 25 heavy (non-hydrogen) atoms. The predicted molar refractivity (Wildman–Crippen MR) is 97.4 cm³/mol. The summed E-state index contributed by atoms with van der Waals surface area (Å²) in [5.41, 5.74) is 1.70. The van der Waals surface area contributed by atoms with Gasteiger partial charge in [-0.1, -0.05) is 6.07 Å². The number of anilines is 1. The number of rotatable bonds is 4. The maximum atomic E-state index is 12.3. The van der Waals surface area contributed by atoms with Crippen LogP contribution in [0, 0.1) is 0 Å². The summed E-state index contributed by atoms with van der Waals surface area (Å²) < 4.78 is 1.69. The number of hydrogen-bond donors (Lipinski definition) is 2. The Balaban J connectivity index is 2.00. The lowest BCUT2D eigenvalue weighted by Crippen LogP contribution is -2.40. The molecule has 0 radical (unpaired) electrons. The van der Waals surface area contributed by atoms with Gasteiger partial charge in [0.25, 0.3) is 5.91 Å². The number of nitrogens with zero attached hydrogens (tertiary/aromatic N) is 3. The number of carbonyl (C=O) groups is 2. The second kappa shape index (κ2) is 7.38. The Labute approximate surface area is 148 Å². The van der Waals surface area contributed by atoms with Crippen molar-refractivity contribution in [2.45, 2.75) is 32.9 Å². The number of hydrogen-bond acceptors (Lipinski definition) is 3. The van der Waals surface area contributed by atoms with Crippen molar-refractivity contribution < 1.29 is 9.59 Å². The van der Waals surface area contributed by atoms with E-state index in [4.69, 9.17) is 0 Å². The zero-order chi connectivity index (χ0) is 18.6. The Hall–Kier alpha value is -2.83. The maximum absolute atomic E-state index is 12.3. The first-order valence-electron chi connectivity index (χ1n) is 8.06. The minimum atomic E-state index is -0.319. The topological polar surface area (TPSA) is 79.3 Å². The molecule has 0 unspecified atom stereocenters. The lowest BCUT2D eigenvalue weighted by molar-refractivity contribution is 0.0919. The minimum Gasteiger partial charge on any atom is -0.347 e. The number of urea groups is 1. The molecule has 7 nitrogen and oxygen atoms in total. The summed E-state index contributed by atoms with van der Waals surface area (Å²) in [6.07, 6.45) is 3.59. The Morgan fingerprint density at radius 2 is 2.00 bits per heavy atom. The lowest BCUT2D eigenvalue weighted by atomic mass is 10.1. The van der Waals surface area contributed by atoms with Crippen molar-refractivity contribution in [1.82, 2.24) is 20.0 Å². The fraction of sp³-hybridized carbons (Fsp3) is 0.389. The molecule has 0 saturated heterocycles. The number of benzene rings is 1. The minimum absolute atomic E-state index is 0.174. The van der Waals surface area contributed by atoms with Crippen LogP contribution in [0.2, 0.25) is 0 Å². The quantitative estimate of drug-likeness (QED) is 0.895. The van der Waals surface area contributed by atoms with Gasteiger partial charge in [0.1, 0.15) is 0 Å². The molecule has 134 valence electrons. The van der Waals surface area contributed by atoms with Crippen LogP contribution in [0.5, 0.6) is 0 Å². The Bertz CT molecular complexity index is 761. The van der Waals surface area contributed by atoms with E-state index in [1.165, 1.54) is 0 Å². The van der Waals surface area contributed by atoms with E-state index in [1.807, 2.05) is 34.0 Å². The SMILES string of the molecule is CN(Cc1cnn(C)c1)C(=O)Nc1cccc(C(=O)NC(C)(C)C)c1. The van der Waals surface area contributed by atoms with Crippen molar-refractivity contribution in [3.63, 3.8) is 0 Å². The molecule has 2 aromatic rings. The number of aryl methyl sites for hydroxylation is 1. The molecule has 2 rings (SSSR count). The van der Waals surface area contributed by atoms with E-state index in [0.717, 1.165) is 5.56 Å². The first-order chi connectivity index (χ1) is 11.6. The molecule has 1 aromatic heterocycles. The van der Waals surface area contributed by atoms with E-state index in [1.54, 1.807) is 47.1 Å². The van der Waals surface area contributed by atoms with Gasteiger partial charge in [-0.2, -0.15) is 5.10 Å². The van der Waals surface area contributed by atoms with Gasteiger partial charge >= 0.3 is 6.03 Å². The first kappa shape index (κ1) is 18.5. The number of carbonyl (C=O) groups excluding carboxylic acids is 2. The molecule has 1 heterocycles. The normalized spacial score (nSPS) is 11.1. The Kier molecular flexibility index (Phi) is 5.46. The van der Waals surface area contributed by atoms with Gasteiger partial charge < -0.3 is 15.5 Å². The van der Waals surface area contributed by atoms with Crippen molar-refractivity contribution in [2.24, 2.45) is 7.05 Å². The Morgan fingerprint density at radius 1 is 1.28 bits per heavy atom. The number of amides is 3. The summed E-state index contributed by atoms with van der Waals surface area (Å²) in [7, 11) is 3.54. The molecule has 0 fully saturated rings. The number of nitrogens with one attached hydrogen (secondary N) is 2. The van der Waals surface area contributed by atoms with Crippen LogP contribution in [0.4, 0.5) is 10.5 Å². The highest BCUT2D eigenvalue weighted by Crippen LogP contribution is 2.13. The van der Waals surface area contributed by atoms with Crippen molar-refractivity contribution >= 4 is 17.6 Å². The van der Waals surface area contributed by atoms with E-state index < -0.39 is 0 Å². The fourth-order valence-corrected chi connectivity index (χ4v) is 2.27. The van der Waals surface area contributed by atoms with Crippen LogP contribution in [0.25, 0.3) is 0 Å². The van der Waals surface area contributed by atoms with Gasteiger partial charge in [0.05, 0.1) is 12.7 Å². The molecular weight excluding hydrogens is 318 g/mol. The first-order valence-corrected chi connectivity index (χ1v) is 8.06. The second-order valence-electron chi connectivity index (χ2n) is 7.09. The molecule has 7 heteroatoms. The highest BCUT2D eigenvalue weighted by atomic mass is 16.2. The zero-order valence-corrected chi connectivity index (χ0v) is 15.3. The second-order valence-corrected chi connectivity index (χ2v) is 7.09. The van der Waals surface area contributed by atoms with Crippen LogP contribution >= 0.6 is 0 Å². The van der Waals surface area contributed by atoms with Gasteiger partial charge in [0.15, 0.2) is 0 Å². The molecule has 3 amide bonds. The third kappa shape index (κ3) is 5.63. The van der Waals surface area contributed by atoms with Crippen molar-refractivity contribution in [2.75, 3.05) is 12.4 Å². The summed E-state index contributed by atoms with van der Waals surface area (Å²) in [4.78, 5) is 26.1. The summed E-state index contributed by atoms with van der Waals surface area (Å²) in [6, 6.07) is 6.63. The van der Waals surface area contributed by atoms with Gasteiger partial charge in [-0.05, 0) is 39.0 Å². The smallest absolute Gasteiger partial charge is 0.321 e. The van der Waals surface area contributed by atoms with Crippen molar-refractivity contribution in [1.29, 1.82) is 0 Å². The monoisotopic (exact) mass is 343 g/mol. The van der Waals surface area contributed by atoms with Crippen LogP contribution in [-0.4, -0.2) is 39.2 Å². The van der Waals surface area contributed by atoms with Gasteiger partial charge in [-0.3, -0.25) is 9.48 Å². The molecule has 2 N–H and O–H groups in total. The standard InChI is InChI=1S/C18H25N5O2/c1-18(2,3)21-16(24)14-7-6-8-15(9-14)20-17(25)22(4)11-13-10-19-23(5)12-13/h6-10,12H,11H2,1-5H3,(H,20,25)(H,21,24). The third-order valence-corrected chi connectivity index (χ3v) is 3.39. The summed E-state index contributed by atoms with van der Waals surface area (Å²) >= 11 is 0. The Morgan fingerprint density at radius 3 is 2.60 bits per heavy atom. The van der Waals surface area contributed by atoms with E-state index in [2.05, 4.69) is 15.7 Å². The third-order valence-electron chi connectivity index (χ3n) is 3.39. The van der Waals surface area contributed by atoms with Crippen molar-refractivity contribution in [3.05, 3.63) is 47.8 Å². The highest BCUT2D eigenvalue weighted by molar-refractivity contribution is 5.97. The van der Waals surface area contributed by atoms with Crippen LogP contribution in [0.1, 0.15) is 36.7 Å². The van der Waals surface area contributed by atoms with Gasteiger partial charge in [-0.15, -0.1) is 0 Å². The van der Waals surface area contributed by atoms with E-state index in [0.29, 0.717) is 17.8 Å². The zero-order valence-electron chi connectivity index (χ0n) is 15.3. The molecule has 0 atom stereocenters. The van der Waals surface area contributed by atoms with Gasteiger partial charge in [0.2, 0.25) is 0 Å². The van der Waals surface area contributed by atoms with Crippen molar-refractivity contribution in [3.8, 4) is 0 Å². The average Bonchev–Trinajstić information content (AvgIpc) is 2.91. The van der Waals surface area contributed by atoms with E-state index >= 15 is 0 Å². The van der Waals surface area contributed by atoms with Crippen LogP contribution in [0.15, 0.2) is 36.7 Å². The van der Waals surface area contributed by atoms with E-state index in [-0.39, 0.29) is 17.5 Å². The molecule has 0 saturated carbocycles. The van der Waals surface area contributed by atoms with Gasteiger partial charge in [0, 0.05) is 42.6 Å². The molecular formula is C18H25N5O2. The average molecular weight is 343 g/mol. The summed E-state index contributed by atoms with van der Waals surface area (Å²) in [5, 5.41) is 9.80. The van der Waals surface area contributed by atoms with Crippen LogP contribution < -0.4 is 10.6 Å². The molecule has 0 aliphatic rings. The number of aromatic nitrogens is 2. The molecule has 0 bridgehead atoms. The predicted octanol–water partition coefficient (Wildman–Crippen LogP) is 2.61.